The summed E-state index contributed by atoms with van der Waals surface area (Å²) in [7, 11) is 3.96. The maximum Gasteiger partial charge on any atom is 0.128 e. The van der Waals surface area contributed by atoms with E-state index in [4.69, 9.17) is 4.74 Å². The second-order valence-electron chi connectivity index (χ2n) is 5.60. The number of hydrogen-bond acceptors (Lipinski definition) is 3. The van der Waals surface area contributed by atoms with Gasteiger partial charge in [0.15, 0.2) is 0 Å². The first-order chi connectivity index (χ1) is 11.2. The summed E-state index contributed by atoms with van der Waals surface area (Å²) in [5.41, 5.74) is 3.51. The molecule has 3 nitrogen and oxygen atoms in total. The van der Waals surface area contributed by atoms with Gasteiger partial charge in [0.1, 0.15) is 18.2 Å². The van der Waals surface area contributed by atoms with Crippen molar-refractivity contribution in [2.75, 3.05) is 19.0 Å². The second kappa shape index (κ2) is 6.97. The molecule has 0 unspecified atom stereocenters. The van der Waals surface area contributed by atoms with Gasteiger partial charge in [-0.1, -0.05) is 42.5 Å². The van der Waals surface area contributed by atoms with Gasteiger partial charge >= 0.3 is 0 Å². The predicted octanol–water partition coefficient (Wildman–Crippen LogP) is 4.39. The van der Waals surface area contributed by atoms with Gasteiger partial charge in [-0.2, -0.15) is 0 Å². The van der Waals surface area contributed by atoms with Crippen molar-refractivity contribution in [2.24, 2.45) is 0 Å². The van der Waals surface area contributed by atoms with Gasteiger partial charge in [-0.25, -0.2) is 4.98 Å². The Kier molecular flexibility index (Phi) is 4.57. The molecule has 2 aromatic carbocycles. The van der Waals surface area contributed by atoms with Gasteiger partial charge in [-0.05, 0) is 41.0 Å². The number of nitrogens with zero attached hydrogens (tertiary/aromatic N) is 2. The first kappa shape index (κ1) is 15.1. The minimum atomic E-state index is 0.536. The number of hydrogen-bond donors (Lipinski definition) is 0. The van der Waals surface area contributed by atoms with Crippen molar-refractivity contribution in [1.82, 2.24) is 4.98 Å². The van der Waals surface area contributed by atoms with Gasteiger partial charge in [-0.3, -0.25) is 0 Å². The van der Waals surface area contributed by atoms with E-state index in [1.54, 1.807) is 0 Å². The molecule has 0 spiro atoms. The number of rotatable bonds is 5. The molecular formula is C20H20N2O. The smallest absolute Gasteiger partial charge is 0.128 e. The lowest BCUT2D eigenvalue weighted by molar-refractivity contribution is 0.306. The summed E-state index contributed by atoms with van der Waals surface area (Å²) in [4.78, 5) is 6.29. The molecule has 0 bridgehead atoms. The largest absolute Gasteiger partial charge is 0.489 e. The summed E-state index contributed by atoms with van der Waals surface area (Å²) < 4.78 is 5.87. The highest BCUT2D eigenvalue weighted by Crippen LogP contribution is 2.22. The van der Waals surface area contributed by atoms with E-state index in [2.05, 4.69) is 29.2 Å². The minimum absolute atomic E-state index is 0.536. The molecule has 0 aliphatic rings. The van der Waals surface area contributed by atoms with Gasteiger partial charge in [-0.15, -0.1) is 0 Å². The van der Waals surface area contributed by atoms with Crippen LogP contribution in [0.25, 0.3) is 11.1 Å². The molecule has 0 fully saturated rings. The molecule has 1 aromatic heterocycles. The van der Waals surface area contributed by atoms with Gasteiger partial charge in [0, 0.05) is 20.3 Å². The lowest BCUT2D eigenvalue weighted by Crippen LogP contribution is -2.11. The van der Waals surface area contributed by atoms with E-state index in [-0.39, 0.29) is 0 Å². The van der Waals surface area contributed by atoms with Crippen molar-refractivity contribution in [3.63, 3.8) is 0 Å². The van der Waals surface area contributed by atoms with Gasteiger partial charge in [0.25, 0.3) is 0 Å². The van der Waals surface area contributed by atoms with Crippen molar-refractivity contribution >= 4 is 5.82 Å². The maximum absolute atomic E-state index is 5.87. The first-order valence-corrected chi connectivity index (χ1v) is 7.63. The molecule has 0 saturated heterocycles. The Morgan fingerprint density at radius 1 is 0.870 bits per heavy atom. The third-order valence-electron chi connectivity index (χ3n) is 3.64. The van der Waals surface area contributed by atoms with E-state index in [1.807, 2.05) is 67.7 Å². The molecule has 3 rings (SSSR count). The highest BCUT2D eigenvalue weighted by molar-refractivity contribution is 5.63. The number of anilines is 1. The van der Waals surface area contributed by atoms with E-state index in [1.165, 1.54) is 11.1 Å². The minimum Gasteiger partial charge on any atom is -0.489 e. The topological polar surface area (TPSA) is 25.4 Å². The van der Waals surface area contributed by atoms with Crippen LogP contribution in [0.3, 0.4) is 0 Å². The van der Waals surface area contributed by atoms with E-state index in [0.717, 1.165) is 17.1 Å². The number of pyridine rings is 1. The Hall–Kier alpha value is -2.81. The third-order valence-corrected chi connectivity index (χ3v) is 3.64. The fraction of sp³-hybridized carbons (Fsp3) is 0.150. The molecule has 0 N–H and O–H groups in total. The van der Waals surface area contributed by atoms with Gasteiger partial charge < -0.3 is 9.64 Å². The highest BCUT2D eigenvalue weighted by atomic mass is 16.5. The van der Waals surface area contributed by atoms with Crippen LogP contribution in [0.15, 0.2) is 72.9 Å². The average molecular weight is 304 g/mol. The van der Waals surface area contributed by atoms with Gasteiger partial charge in [0.2, 0.25) is 0 Å². The Bertz CT molecular complexity index is 752. The fourth-order valence-corrected chi connectivity index (χ4v) is 2.34. The van der Waals surface area contributed by atoms with Crippen LogP contribution in [0, 0.1) is 0 Å². The Morgan fingerprint density at radius 3 is 2.26 bits per heavy atom. The molecule has 0 amide bonds. The van der Waals surface area contributed by atoms with Crippen molar-refractivity contribution in [3.8, 4) is 16.9 Å². The van der Waals surface area contributed by atoms with E-state index >= 15 is 0 Å². The second-order valence-corrected chi connectivity index (χ2v) is 5.60. The van der Waals surface area contributed by atoms with E-state index in [0.29, 0.717) is 6.61 Å². The highest BCUT2D eigenvalue weighted by Gasteiger charge is 2.02. The summed E-state index contributed by atoms with van der Waals surface area (Å²) in [5.74, 6) is 1.80. The quantitative estimate of drug-likeness (QED) is 0.699. The van der Waals surface area contributed by atoms with E-state index in [9.17, 15) is 0 Å². The standard InChI is InChI=1S/C20H20N2O/c1-22(2)20-14-16(12-13-21-20)15-23-19-10-8-18(9-11-19)17-6-4-3-5-7-17/h3-14H,15H2,1-2H3. The lowest BCUT2D eigenvalue weighted by atomic mass is 10.1. The molecule has 3 heteroatoms. The first-order valence-electron chi connectivity index (χ1n) is 7.63. The Balaban J connectivity index is 1.66. The van der Waals surface area contributed by atoms with Crippen molar-refractivity contribution in [1.29, 1.82) is 0 Å². The zero-order valence-electron chi connectivity index (χ0n) is 13.4. The van der Waals surface area contributed by atoms with Crippen LogP contribution in [-0.2, 0) is 6.61 Å². The van der Waals surface area contributed by atoms with E-state index < -0.39 is 0 Å². The van der Waals surface area contributed by atoms with Crippen LogP contribution in [0.1, 0.15) is 5.56 Å². The molecule has 23 heavy (non-hydrogen) atoms. The van der Waals surface area contributed by atoms with Crippen LogP contribution >= 0.6 is 0 Å². The number of ether oxygens (including phenoxy) is 1. The maximum atomic E-state index is 5.87. The van der Waals surface area contributed by atoms with Crippen molar-refractivity contribution < 1.29 is 4.74 Å². The average Bonchev–Trinajstić information content (AvgIpc) is 2.61. The predicted molar refractivity (Wildman–Crippen MR) is 94.8 cm³/mol. The molecule has 3 aromatic rings. The van der Waals surface area contributed by atoms with Crippen LogP contribution in [0.2, 0.25) is 0 Å². The molecular weight excluding hydrogens is 284 g/mol. The molecule has 0 radical (unpaired) electrons. The van der Waals surface area contributed by atoms with Crippen LogP contribution in [0.5, 0.6) is 5.75 Å². The molecule has 0 aliphatic carbocycles. The SMILES string of the molecule is CN(C)c1cc(COc2ccc(-c3ccccc3)cc2)ccn1. The van der Waals surface area contributed by atoms with Crippen LogP contribution in [0.4, 0.5) is 5.82 Å². The zero-order valence-corrected chi connectivity index (χ0v) is 13.4. The summed E-state index contributed by atoms with van der Waals surface area (Å²) in [6.07, 6.45) is 1.81. The number of aromatic nitrogens is 1. The van der Waals surface area contributed by atoms with Crippen molar-refractivity contribution in [2.45, 2.75) is 6.61 Å². The number of benzene rings is 2. The molecule has 0 atom stereocenters. The fourth-order valence-electron chi connectivity index (χ4n) is 2.34. The lowest BCUT2D eigenvalue weighted by Gasteiger charge is -2.13. The van der Waals surface area contributed by atoms with Crippen molar-refractivity contribution in [3.05, 3.63) is 78.5 Å². The Morgan fingerprint density at radius 2 is 1.57 bits per heavy atom. The summed E-state index contributed by atoms with van der Waals surface area (Å²) >= 11 is 0. The summed E-state index contributed by atoms with van der Waals surface area (Å²) in [6, 6.07) is 22.5. The summed E-state index contributed by atoms with van der Waals surface area (Å²) in [5, 5.41) is 0. The Labute approximate surface area is 137 Å². The molecule has 0 saturated carbocycles. The monoisotopic (exact) mass is 304 g/mol. The summed E-state index contributed by atoms with van der Waals surface area (Å²) in [6.45, 7) is 0.536. The molecule has 0 aliphatic heterocycles. The molecule has 116 valence electrons. The van der Waals surface area contributed by atoms with Gasteiger partial charge in [0.05, 0.1) is 0 Å². The normalized spacial score (nSPS) is 10.3. The third kappa shape index (κ3) is 3.89. The van der Waals surface area contributed by atoms with Crippen LogP contribution in [-0.4, -0.2) is 19.1 Å². The zero-order chi connectivity index (χ0) is 16.1. The molecule has 1 heterocycles. The van der Waals surface area contributed by atoms with Crippen LogP contribution < -0.4 is 9.64 Å².